The van der Waals surface area contributed by atoms with Gasteiger partial charge in [0.05, 0.1) is 5.56 Å². The van der Waals surface area contributed by atoms with Crippen LogP contribution < -0.4 is 0 Å². The van der Waals surface area contributed by atoms with Gasteiger partial charge in [0, 0.05) is 23.4 Å². The van der Waals surface area contributed by atoms with E-state index in [4.69, 9.17) is 10.00 Å². The van der Waals surface area contributed by atoms with Crippen molar-refractivity contribution in [3.05, 3.63) is 29.3 Å². The van der Waals surface area contributed by atoms with Crippen LogP contribution in [-0.4, -0.2) is 18.5 Å². The molecule has 3 heteroatoms. The van der Waals surface area contributed by atoms with E-state index in [1.807, 2.05) is 24.8 Å². The van der Waals surface area contributed by atoms with Crippen LogP contribution in [0.4, 0.5) is 0 Å². The molecule has 2 nitrogen and oxygen atoms in total. The third kappa shape index (κ3) is 2.78. The summed E-state index contributed by atoms with van der Waals surface area (Å²) in [4.78, 5) is 1.11. The third-order valence-electron chi connectivity index (χ3n) is 2.72. The van der Waals surface area contributed by atoms with Crippen molar-refractivity contribution in [2.45, 2.75) is 29.9 Å². The average molecular weight is 233 g/mol. The molecule has 1 fully saturated rings. The molecule has 0 bridgehead atoms. The van der Waals surface area contributed by atoms with E-state index in [0.717, 1.165) is 42.1 Å². The standard InChI is InChI=1S/C13H15NOS/c1-10-2-3-13(11(8-10)9-14)16-12-4-6-15-7-5-12/h2-3,8,12H,4-7H2,1H3. The first-order valence-electron chi connectivity index (χ1n) is 5.55. The molecule has 84 valence electrons. The summed E-state index contributed by atoms with van der Waals surface area (Å²) in [5.41, 5.74) is 1.95. The molecule has 0 amide bonds. The predicted molar refractivity (Wildman–Crippen MR) is 65.6 cm³/mol. The van der Waals surface area contributed by atoms with Crippen LogP contribution in [0.1, 0.15) is 24.0 Å². The van der Waals surface area contributed by atoms with Gasteiger partial charge in [-0.15, -0.1) is 11.8 Å². The fourth-order valence-electron chi connectivity index (χ4n) is 1.81. The van der Waals surface area contributed by atoms with Crippen LogP contribution in [0.2, 0.25) is 0 Å². The number of rotatable bonds is 2. The summed E-state index contributed by atoms with van der Waals surface area (Å²) in [5.74, 6) is 0. The topological polar surface area (TPSA) is 33.0 Å². The summed E-state index contributed by atoms with van der Waals surface area (Å²) < 4.78 is 5.33. The molecule has 16 heavy (non-hydrogen) atoms. The summed E-state index contributed by atoms with van der Waals surface area (Å²) in [7, 11) is 0. The van der Waals surface area contributed by atoms with Gasteiger partial charge in [0.1, 0.15) is 6.07 Å². The second-order valence-electron chi connectivity index (χ2n) is 4.04. The van der Waals surface area contributed by atoms with Gasteiger partial charge in [0.2, 0.25) is 0 Å². The van der Waals surface area contributed by atoms with E-state index in [9.17, 15) is 0 Å². The SMILES string of the molecule is Cc1ccc(SC2CCOCC2)c(C#N)c1. The lowest BCUT2D eigenvalue weighted by Crippen LogP contribution is -2.17. The number of hydrogen-bond acceptors (Lipinski definition) is 3. The summed E-state index contributed by atoms with van der Waals surface area (Å²) in [6.07, 6.45) is 2.17. The third-order valence-corrected chi connectivity index (χ3v) is 4.13. The number of hydrogen-bond donors (Lipinski definition) is 0. The Morgan fingerprint density at radius 3 is 2.81 bits per heavy atom. The van der Waals surface area contributed by atoms with Crippen LogP contribution in [0.15, 0.2) is 23.1 Å². The molecule has 0 unspecified atom stereocenters. The Labute approximate surface area is 101 Å². The minimum absolute atomic E-state index is 0.601. The van der Waals surface area contributed by atoms with Crippen LogP contribution in [-0.2, 0) is 4.74 Å². The average Bonchev–Trinajstić information content (AvgIpc) is 2.33. The molecule has 1 aliphatic rings. The predicted octanol–water partition coefficient (Wildman–Crippen LogP) is 3.14. The van der Waals surface area contributed by atoms with Gasteiger partial charge < -0.3 is 4.74 Å². The lowest BCUT2D eigenvalue weighted by molar-refractivity contribution is 0.100. The first kappa shape index (κ1) is 11.5. The lowest BCUT2D eigenvalue weighted by atomic mass is 10.1. The minimum Gasteiger partial charge on any atom is -0.381 e. The molecule has 0 spiro atoms. The van der Waals surface area contributed by atoms with Gasteiger partial charge in [-0.3, -0.25) is 0 Å². The normalized spacial score (nSPS) is 17.0. The molecular weight excluding hydrogens is 218 g/mol. The Kier molecular flexibility index (Phi) is 3.87. The van der Waals surface area contributed by atoms with Crippen LogP contribution in [0.25, 0.3) is 0 Å². The molecule has 1 heterocycles. The molecule has 1 saturated heterocycles. The Hall–Kier alpha value is -0.980. The Morgan fingerprint density at radius 2 is 2.12 bits per heavy atom. The fraction of sp³-hybridized carbons (Fsp3) is 0.462. The van der Waals surface area contributed by atoms with Gasteiger partial charge in [-0.25, -0.2) is 0 Å². The first-order valence-corrected chi connectivity index (χ1v) is 6.42. The highest BCUT2D eigenvalue weighted by atomic mass is 32.2. The zero-order valence-electron chi connectivity index (χ0n) is 9.40. The molecule has 0 aromatic heterocycles. The second-order valence-corrected chi connectivity index (χ2v) is 5.38. The fourth-order valence-corrected chi connectivity index (χ4v) is 2.97. The van der Waals surface area contributed by atoms with E-state index in [1.165, 1.54) is 0 Å². The van der Waals surface area contributed by atoms with E-state index in [-0.39, 0.29) is 0 Å². The molecule has 1 aliphatic heterocycles. The van der Waals surface area contributed by atoms with E-state index in [1.54, 1.807) is 0 Å². The Bertz CT molecular complexity index is 405. The van der Waals surface area contributed by atoms with Gasteiger partial charge in [0.25, 0.3) is 0 Å². The van der Waals surface area contributed by atoms with E-state index in [0.29, 0.717) is 5.25 Å². The molecule has 1 aromatic carbocycles. The molecule has 0 atom stereocenters. The Balaban J connectivity index is 2.11. The molecule has 0 saturated carbocycles. The minimum atomic E-state index is 0.601. The monoisotopic (exact) mass is 233 g/mol. The van der Waals surface area contributed by atoms with Gasteiger partial charge in [0.15, 0.2) is 0 Å². The van der Waals surface area contributed by atoms with Crippen LogP contribution >= 0.6 is 11.8 Å². The van der Waals surface area contributed by atoms with Crippen LogP contribution in [0, 0.1) is 18.3 Å². The summed E-state index contributed by atoms with van der Waals surface area (Å²) in [5, 5.41) is 9.68. The van der Waals surface area contributed by atoms with Crippen LogP contribution in [0.3, 0.4) is 0 Å². The van der Waals surface area contributed by atoms with E-state index in [2.05, 4.69) is 18.2 Å². The lowest BCUT2D eigenvalue weighted by Gasteiger charge is -2.21. The molecular formula is C13H15NOS. The number of aryl methyl sites for hydroxylation is 1. The molecule has 0 radical (unpaired) electrons. The zero-order chi connectivity index (χ0) is 11.4. The number of ether oxygens (including phenoxy) is 1. The van der Waals surface area contributed by atoms with Crippen LogP contribution in [0.5, 0.6) is 0 Å². The maximum Gasteiger partial charge on any atom is 0.100 e. The van der Waals surface area contributed by atoms with Crippen molar-refractivity contribution in [2.24, 2.45) is 0 Å². The largest absolute Gasteiger partial charge is 0.381 e. The van der Waals surface area contributed by atoms with E-state index < -0.39 is 0 Å². The maximum absolute atomic E-state index is 9.08. The summed E-state index contributed by atoms with van der Waals surface area (Å²) in [6, 6.07) is 8.37. The summed E-state index contributed by atoms with van der Waals surface area (Å²) >= 11 is 1.82. The van der Waals surface area contributed by atoms with Crippen molar-refractivity contribution in [3.63, 3.8) is 0 Å². The molecule has 0 N–H and O–H groups in total. The highest BCUT2D eigenvalue weighted by Gasteiger charge is 2.16. The van der Waals surface area contributed by atoms with Crippen molar-refractivity contribution >= 4 is 11.8 Å². The number of nitrogens with zero attached hydrogens (tertiary/aromatic N) is 1. The van der Waals surface area contributed by atoms with Gasteiger partial charge >= 0.3 is 0 Å². The number of thioether (sulfide) groups is 1. The smallest absolute Gasteiger partial charge is 0.100 e. The molecule has 1 aromatic rings. The number of benzene rings is 1. The highest BCUT2D eigenvalue weighted by Crippen LogP contribution is 2.32. The van der Waals surface area contributed by atoms with Gasteiger partial charge in [-0.2, -0.15) is 5.26 Å². The van der Waals surface area contributed by atoms with Gasteiger partial charge in [-0.1, -0.05) is 6.07 Å². The first-order chi connectivity index (χ1) is 7.79. The van der Waals surface area contributed by atoms with Crippen molar-refractivity contribution in [2.75, 3.05) is 13.2 Å². The quantitative estimate of drug-likeness (QED) is 0.786. The van der Waals surface area contributed by atoms with Crippen molar-refractivity contribution in [1.82, 2.24) is 0 Å². The van der Waals surface area contributed by atoms with Crippen molar-refractivity contribution < 1.29 is 4.74 Å². The second kappa shape index (κ2) is 5.38. The summed E-state index contributed by atoms with van der Waals surface area (Å²) in [6.45, 7) is 3.72. The highest BCUT2D eigenvalue weighted by molar-refractivity contribution is 8.00. The van der Waals surface area contributed by atoms with Crippen molar-refractivity contribution in [3.8, 4) is 6.07 Å². The molecule has 2 rings (SSSR count). The molecule has 0 aliphatic carbocycles. The number of nitriles is 1. The Morgan fingerprint density at radius 1 is 1.38 bits per heavy atom. The van der Waals surface area contributed by atoms with Gasteiger partial charge in [-0.05, 0) is 37.5 Å². The van der Waals surface area contributed by atoms with Crippen molar-refractivity contribution in [1.29, 1.82) is 5.26 Å². The zero-order valence-corrected chi connectivity index (χ0v) is 10.2. The van der Waals surface area contributed by atoms with E-state index >= 15 is 0 Å². The maximum atomic E-state index is 9.08.